The van der Waals surface area contributed by atoms with E-state index in [0.29, 0.717) is 0 Å². The van der Waals surface area contributed by atoms with Crippen molar-refractivity contribution in [3.8, 4) is 0 Å². The summed E-state index contributed by atoms with van der Waals surface area (Å²) in [5.41, 5.74) is 5.22. The molecule has 0 bridgehead atoms. The van der Waals surface area contributed by atoms with Gasteiger partial charge in [0.15, 0.2) is 0 Å². The molecule has 0 aliphatic carbocycles. The first kappa shape index (κ1) is 12.8. The first-order chi connectivity index (χ1) is 8.69. The summed E-state index contributed by atoms with van der Waals surface area (Å²) >= 11 is 0. The number of nitrogens with zero attached hydrogens (tertiary/aromatic N) is 2. The zero-order valence-electron chi connectivity index (χ0n) is 11.4. The monoisotopic (exact) mass is 243 g/mol. The van der Waals surface area contributed by atoms with Crippen molar-refractivity contribution in [2.45, 2.75) is 33.9 Å². The Morgan fingerprint density at radius 1 is 1.17 bits per heavy atom. The molecule has 1 aromatic carbocycles. The van der Waals surface area contributed by atoms with Crippen LogP contribution in [0.1, 0.15) is 29.2 Å². The van der Waals surface area contributed by atoms with Crippen molar-refractivity contribution in [3.63, 3.8) is 0 Å². The molecule has 0 spiro atoms. The van der Waals surface area contributed by atoms with Crippen molar-refractivity contribution in [2.24, 2.45) is 0 Å². The molecular weight excluding hydrogens is 222 g/mol. The average molecular weight is 243 g/mol. The SMILES string of the molecule is CCNCc1cnn(Cc2ccc(C)c(C)c2)c1. The fourth-order valence-electron chi connectivity index (χ4n) is 1.94. The predicted molar refractivity (Wildman–Crippen MR) is 74.6 cm³/mol. The molecule has 3 heteroatoms. The molecule has 1 heterocycles. The molecule has 96 valence electrons. The molecule has 2 rings (SSSR count). The van der Waals surface area contributed by atoms with Gasteiger partial charge < -0.3 is 5.32 Å². The maximum Gasteiger partial charge on any atom is 0.0659 e. The summed E-state index contributed by atoms with van der Waals surface area (Å²) in [4.78, 5) is 0. The van der Waals surface area contributed by atoms with Gasteiger partial charge in [0.1, 0.15) is 0 Å². The molecule has 3 nitrogen and oxygen atoms in total. The van der Waals surface area contributed by atoms with Crippen LogP contribution < -0.4 is 5.32 Å². The van der Waals surface area contributed by atoms with Crippen LogP contribution in [0.25, 0.3) is 0 Å². The largest absolute Gasteiger partial charge is 0.313 e. The highest BCUT2D eigenvalue weighted by Gasteiger charge is 2.01. The number of hydrogen-bond donors (Lipinski definition) is 1. The third-order valence-corrected chi connectivity index (χ3v) is 3.18. The van der Waals surface area contributed by atoms with E-state index in [9.17, 15) is 0 Å². The van der Waals surface area contributed by atoms with E-state index in [-0.39, 0.29) is 0 Å². The number of nitrogens with one attached hydrogen (secondary N) is 1. The average Bonchev–Trinajstić information content (AvgIpc) is 2.79. The molecule has 0 amide bonds. The second-order valence-electron chi connectivity index (χ2n) is 4.75. The Morgan fingerprint density at radius 2 is 2.00 bits per heavy atom. The number of aromatic nitrogens is 2. The summed E-state index contributed by atoms with van der Waals surface area (Å²) in [5.74, 6) is 0. The summed E-state index contributed by atoms with van der Waals surface area (Å²) in [6.45, 7) is 9.12. The van der Waals surface area contributed by atoms with Crippen molar-refractivity contribution in [2.75, 3.05) is 6.54 Å². The van der Waals surface area contributed by atoms with Crippen molar-refractivity contribution in [3.05, 3.63) is 52.8 Å². The van der Waals surface area contributed by atoms with Gasteiger partial charge in [0.25, 0.3) is 0 Å². The molecule has 0 saturated carbocycles. The molecule has 0 unspecified atom stereocenters. The maximum atomic E-state index is 4.39. The fourth-order valence-corrected chi connectivity index (χ4v) is 1.94. The molecule has 0 saturated heterocycles. The Labute approximate surface area is 109 Å². The van der Waals surface area contributed by atoms with Crippen LogP contribution in [-0.2, 0) is 13.1 Å². The Kier molecular flexibility index (Phi) is 4.15. The highest BCUT2D eigenvalue weighted by atomic mass is 15.3. The predicted octanol–water partition coefficient (Wildman–Crippen LogP) is 2.66. The van der Waals surface area contributed by atoms with Gasteiger partial charge in [-0.2, -0.15) is 5.10 Å². The van der Waals surface area contributed by atoms with E-state index in [1.54, 1.807) is 0 Å². The zero-order valence-corrected chi connectivity index (χ0v) is 11.4. The van der Waals surface area contributed by atoms with Gasteiger partial charge in [-0.05, 0) is 37.1 Å². The number of benzene rings is 1. The van der Waals surface area contributed by atoms with Crippen LogP contribution in [0.2, 0.25) is 0 Å². The lowest BCUT2D eigenvalue weighted by Crippen LogP contribution is -2.11. The summed E-state index contributed by atoms with van der Waals surface area (Å²) in [6.07, 6.45) is 4.04. The van der Waals surface area contributed by atoms with Crippen LogP contribution in [0.3, 0.4) is 0 Å². The number of rotatable bonds is 5. The van der Waals surface area contributed by atoms with Crippen LogP contribution in [-0.4, -0.2) is 16.3 Å². The molecular formula is C15H21N3. The van der Waals surface area contributed by atoms with Crippen molar-refractivity contribution in [1.82, 2.24) is 15.1 Å². The van der Waals surface area contributed by atoms with Gasteiger partial charge >= 0.3 is 0 Å². The second-order valence-corrected chi connectivity index (χ2v) is 4.75. The Bertz CT molecular complexity index is 514. The molecule has 1 aromatic heterocycles. The lowest BCUT2D eigenvalue weighted by atomic mass is 10.1. The lowest BCUT2D eigenvalue weighted by Gasteiger charge is -2.05. The van der Waals surface area contributed by atoms with Gasteiger partial charge in [-0.25, -0.2) is 0 Å². The molecule has 2 aromatic rings. The highest BCUT2D eigenvalue weighted by molar-refractivity contribution is 5.30. The quantitative estimate of drug-likeness (QED) is 0.875. The summed E-state index contributed by atoms with van der Waals surface area (Å²) in [5, 5.41) is 7.70. The maximum absolute atomic E-state index is 4.39. The fraction of sp³-hybridized carbons (Fsp3) is 0.400. The molecule has 0 aliphatic rings. The van der Waals surface area contributed by atoms with Gasteiger partial charge in [0.05, 0.1) is 12.7 Å². The minimum atomic E-state index is 0.841. The van der Waals surface area contributed by atoms with Crippen LogP contribution in [0, 0.1) is 13.8 Å². The third kappa shape index (κ3) is 3.20. The summed E-state index contributed by atoms with van der Waals surface area (Å²) in [6, 6.07) is 6.59. The normalized spacial score (nSPS) is 10.8. The standard InChI is InChI=1S/C15H21N3/c1-4-16-8-15-9-17-18(11-15)10-14-6-5-12(2)13(3)7-14/h5-7,9,11,16H,4,8,10H2,1-3H3. The Hall–Kier alpha value is -1.61. The van der Waals surface area contributed by atoms with Crippen molar-refractivity contribution < 1.29 is 0 Å². The van der Waals surface area contributed by atoms with Gasteiger partial charge in [0, 0.05) is 18.3 Å². The van der Waals surface area contributed by atoms with Crippen LogP contribution in [0.5, 0.6) is 0 Å². The first-order valence-corrected chi connectivity index (χ1v) is 6.47. The molecule has 0 fully saturated rings. The minimum Gasteiger partial charge on any atom is -0.313 e. The zero-order chi connectivity index (χ0) is 13.0. The summed E-state index contributed by atoms with van der Waals surface area (Å²) in [7, 11) is 0. The van der Waals surface area contributed by atoms with E-state index >= 15 is 0 Å². The van der Waals surface area contributed by atoms with Gasteiger partial charge in [-0.3, -0.25) is 4.68 Å². The topological polar surface area (TPSA) is 29.9 Å². The van der Waals surface area contributed by atoms with Crippen molar-refractivity contribution >= 4 is 0 Å². The molecule has 0 aliphatic heterocycles. The first-order valence-electron chi connectivity index (χ1n) is 6.47. The van der Waals surface area contributed by atoms with Crippen LogP contribution >= 0.6 is 0 Å². The van der Waals surface area contributed by atoms with E-state index in [2.05, 4.69) is 55.6 Å². The van der Waals surface area contributed by atoms with E-state index < -0.39 is 0 Å². The highest BCUT2D eigenvalue weighted by Crippen LogP contribution is 2.11. The number of aryl methyl sites for hydroxylation is 2. The van der Waals surface area contributed by atoms with Crippen LogP contribution in [0.4, 0.5) is 0 Å². The molecule has 0 atom stereocenters. The van der Waals surface area contributed by atoms with E-state index in [4.69, 9.17) is 0 Å². The number of hydrogen-bond acceptors (Lipinski definition) is 2. The smallest absolute Gasteiger partial charge is 0.0659 e. The van der Waals surface area contributed by atoms with Gasteiger partial charge in [0.2, 0.25) is 0 Å². The molecule has 18 heavy (non-hydrogen) atoms. The van der Waals surface area contributed by atoms with E-state index in [1.165, 1.54) is 22.3 Å². The van der Waals surface area contributed by atoms with Gasteiger partial charge in [-0.15, -0.1) is 0 Å². The van der Waals surface area contributed by atoms with E-state index in [0.717, 1.165) is 19.6 Å². The molecule has 1 N–H and O–H groups in total. The lowest BCUT2D eigenvalue weighted by molar-refractivity contribution is 0.682. The third-order valence-electron chi connectivity index (χ3n) is 3.18. The van der Waals surface area contributed by atoms with Crippen molar-refractivity contribution in [1.29, 1.82) is 0 Å². The summed E-state index contributed by atoms with van der Waals surface area (Å²) < 4.78 is 2.00. The van der Waals surface area contributed by atoms with E-state index in [1.807, 2.05) is 10.9 Å². The Morgan fingerprint density at radius 3 is 2.72 bits per heavy atom. The van der Waals surface area contributed by atoms with Crippen LogP contribution in [0.15, 0.2) is 30.6 Å². The Balaban J connectivity index is 2.04. The van der Waals surface area contributed by atoms with Gasteiger partial charge in [-0.1, -0.05) is 25.1 Å². The molecule has 0 radical (unpaired) electrons. The minimum absolute atomic E-state index is 0.841. The second kappa shape index (κ2) is 5.83.